The van der Waals surface area contributed by atoms with Gasteiger partial charge in [0.05, 0.1) is 0 Å². The van der Waals surface area contributed by atoms with Crippen LogP contribution in [0.4, 0.5) is 0 Å². The van der Waals surface area contributed by atoms with Crippen LogP contribution in [0.1, 0.15) is 40.0 Å². The average Bonchev–Trinajstić information content (AvgIpc) is 2.58. The largest absolute Gasteiger partial charge is 0.381 e. The SMILES string of the molecule is CCN1CCCN(C(=O)C(C)C)CC12CCOCC2. The van der Waals surface area contributed by atoms with Gasteiger partial charge in [0.25, 0.3) is 0 Å². The Balaban J connectivity index is 2.17. The summed E-state index contributed by atoms with van der Waals surface area (Å²) < 4.78 is 5.54. The number of ether oxygens (including phenoxy) is 1. The number of carbonyl (C=O) groups excluding carboxylic acids is 1. The lowest BCUT2D eigenvalue weighted by atomic mass is 9.87. The first-order valence-electron chi connectivity index (χ1n) is 7.70. The van der Waals surface area contributed by atoms with Gasteiger partial charge < -0.3 is 9.64 Å². The van der Waals surface area contributed by atoms with E-state index in [0.29, 0.717) is 5.91 Å². The van der Waals surface area contributed by atoms with Gasteiger partial charge in [-0.15, -0.1) is 0 Å². The molecule has 0 aromatic rings. The molecule has 0 N–H and O–H groups in total. The van der Waals surface area contributed by atoms with Gasteiger partial charge in [-0.2, -0.15) is 0 Å². The number of carbonyl (C=O) groups is 1. The zero-order chi connectivity index (χ0) is 13.9. The Kier molecular flexibility index (Phi) is 4.85. The fraction of sp³-hybridized carbons (Fsp3) is 0.933. The van der Waals surface area contributed by atoms with Gasteiger partial charge in [0.2, 0.25) is 5.91 Å². The van der Waals surface area contributed by atoms with Crippen LogP contribution in [0.5, 0.6) is 0 Å². The predicted octanol–water partition coefficient (Wildman–Crippen LogP) is 1.75. The highest BCUT2D eigenvalue weighted by Crippen LogP contribution is 2.31. The van der Waals surface area contributed by atoms with Crippen molar-refractivity contribution >= 4 is 5.91 Å². The van der Waals surface area contributed by atoms with E-state index in [1.165, 1.54) is 0 Å². The van der Waals surface area contributed by atoms with Crippen molar-refractivity contribution in [2.45, 2.75) is 45.6 Å². The first kappa shape index (κ1) is 14.8. The normalized spacial score (nSPS) is 24.7. The van der Waals surface area contributed by atoms with Crippen LogP contribution in [0.2, 0.25) is 0 Å². The van der Waals surface area contributed by atoms with Crippen LogP contribution in [-0.4, -0.2) is 60.6 Å². The van der Waals surface area contributed by atoms with E-state index in [1.807, 2.05) is 13.8 Å². The van der Waals surface area contributed by atoms with Gasteiger partial charge in [-0.05, 0) is 25.8 Å². The molecule has 2 aliphatic heterocycles. The molecule has 0 atom stereocenters. The lowest BCUT2D eigenvalue weighted by molar-refractivity contribution is -0.136. The van der Waals surface area contributed by atoms with E-state index < -0.39 is 0 Å². The third-order valence-electron chi connectivity index (χ3n) is 4.62. The summed E-state index contributed by atoms with van der Waals surface area (Å²) in [6.45, 7) is 11.9. The summed E-state index contributed by atoms with van der Waals surface area (Å²) in [5.41, 5.74) is 0.161. The van der Waals surface area contributed by atoms with Gasteiger partial charge in [0.15, 0.2) is 0 Å². The van der Waals surface area contributed by atoms with E-state index in [-0.39, 0.29) is 11.5 Å². The van der Waals surface area contributed by atoms with E-state index in [9.17, 15) is 4.79 Å². The molecular weight excluding hydrogens is 240 g/mol. The number of likely N-dealkylation sites (N-methyl/N-ethyl adjacent to an activating group) is 1. The Morgan fingerprint density at radius 3 is 2.53 bits per heavy atom. The Bertz CT molecular complexity index is 311. The summed E-state index contributed by atoms with van der Waals surface area (Å²) in [6.07, 6.45) is 3.21. The van der Waals surface area contributed by atoms with Crippen molar-refractivity contribution < 1.29 is 9.53 Å². The van der Waals surface area contributed by atoms with Crippen LogP contribution in [0, 0.1) is 5.92 Å². The smallest absolute Gasteiger partial charge is 0.225 e. The zero-order valence-corrected chi connectivity index (χ0v) is 12.7. The lowest BCUT2D eigenvalue weighted by Gasteiger charge is -2.46. The molecule has 0 unspecified atom stereocenters. The molecule has 2 saturated heterocycles. The quantitative estimate of drug-likeness (QED) is 0.765. The maximum atomic E-state index is 12.3. The minimum atomic E-state index is 0.102. The Morgan fingerprint density at radius 2 is 1.95 bits per heavy atom. The Morgan fingerprint density at radius 1 is 1.26 bits per heavy atom. The molecule has 2 heterocycles. The van der Waals surface area contributed by atoms with Crippen molar-refractivity contribution in [3.63, 3.8) is 0 Å². The first-order chi connectivity index (χ1) is 9.09. The molecule has 4 heteroatoms. The maximum Gasteiger partial charge on any atom is 0.225 e. The van der Waals surface area contributed by atoms with E-state index >= 15 is 0 Å². The number of hydrogen-bond acceptors (Lipinski definition) is 3. The third-order valence-corrected chi connectivity index (χ3v) is 4.62. The van der Waals surface area contributed by atoms with Gasteiger partial charge in [-0.3, -0.25) is 9.69 Å². The summed E-state index contributed by atoms with van der Waals surface area (Å²) in [7, 11) is 0. The Labute approximate surface area is 117 Å². The average molecular weight is 268 g/mol. The minimum Gasteiger partial charge on any atom is -0.381 e. The molecule has 2 rings (SSSR count). The summed E-state index contributed by atoms with van der Waals surface area (Å²) in [6, 6.07) is 0. The number of hydrogen-bond donors (Lipinski definition) is 0. The topological polar surface area (TPSA) is 32.8 Å². The van der Waals surface area contributed by atoms with Crippen LogP contribution >= 0.6 is 0 Å². The highest BCUT2D eigenvalue weighted by atomic mass is 16.5. The molecule has 0 aromatic heterocycles. The molecule has 2 aliphatic rings. The molecule has 1 spiro atoms. The van der Waals surface area contributed by atoms with E-state index in [2.05, 4.69) is 16.7 Å². The molecule has 0 aliphatic carbocycles. The molecule has 0 aromatic carbocycles. The molecule has 2 fully saturated rings. The minimum absolute atomic E-state index is 0.102. The zero-order valence-electron chi connectivity index (χ0n) is 12.7. The van der Waals surface area contributed by atoms with Gasteiger partial charge in [0, 0.05) is 44.3 Å². The summed E-state index contributed by atoms with van der Waals surface area (Å²) in [5.74, 6) is 0.411. The second-order valence-corrected chi connectivity index (χ2v) is 6.18. The number of amides is 1. The second kappa shape index (κ2) is 6.23. The van der Waals surface area contributed by atoms with Crippen molar-refractivity contribution in [1.82, 2.24) is 9.80 Å². The molecular formula is C15H28N2O2. The molecule has 110 valence electrons. The highest BCUT2D eigenvalue weighted by Gasteiger charge is 2.41. The molecule has 0 radical (unpaired) electrons. The van der Waals surface area contributed by atoms with Crippen molar-refractivity contribution in [2.75, 3.05) is 39.4 Å². The molecule has 19 heavy (non-hydrogen) atoms. The molecule has 0 bridgehead atoms. The summed E-state index contributed by atoms with van der Waals surface area (Å²) >= 11 is 0. The highest BCUT2D eigenvalue weighted by molar-refractivity contribution is 5.78. The lowest BCUT2D eigenvalue weighted by Crippen LogP contribution is -2.57. The van der Waals surface area contributed by atoms with Crippen LogP contribution < -0.4 is 0 Å². The number of rotatable bonds is 2. The first-order valence-corrected chi connectivity index (χ1v) is 7.70. The van der Waals surface area contributed by atoms with Crippen molar-refractivity contribution in [2.24, 2.45) is 5.92 Å². The van der Waals surface area contributed by atoms with E-state index in [1.54, 1.807) is 0 Å². The summed E-state index contributed by atoms with van der Waals surface area (Å²) in [4.78, 5) is 17.0. The van der Waals surface area contributed by atoms with Crippen LogP contribution in [0.15, 0.2) is 0 Å². The van der Waals surface area contributed by atoms with E-state index in [0.717, 1.165) is 58.7 Å². The van der Waals surface area contributed by atoms with Crippen LogP contribution in [0.3, 0.4) is 0 Å². The van der Waals surface area contributed by atoms with Gasteiger partial charge in [0.1, 0.15) is 0 Å². The van der Waals surface area contributed by atoms with Crippen molar-refractivity contribution in [3.8, 4) is 0 Å². The molecule has 4 nitrogen and oxygen atoms in total. The summed E-state index contributed by atoms with van der Waals surface area (Å²) in [5, 5.41) is 0. The monoisotopic (exact) mass is 268 g/mol. The van der Waals surface area contributed by atoms with Crippen molar-refractivity contribution in [3.05, 3.63) is 0 Å². The van der Waals surface area contributed by atoms with Crippen molar-refractivity contribution in [1.29, 1.82) is 0 Å². The molecule has 0 saturated carbocycles. The Hall–Kier alpha value is -0.610. The third kappa shape index (κ3) is 3.11. The predicted molar refractivity (Wildman–Crippen MR) is 76.1 cm³/mol. The van der Waals surface area contributed by atoms with Gasteiger partial charge in [-0.1, -0.05) is 20.8 Å². The second-order valence-electron chi connectivity index (χ2n) is 6.18. The fourth-order valence-electron chi connectivity index (χ4n) is 3.50. The molecule has 1 amide bonds. The van der Waals surface area contributed by atoms with Gasteiger partial charge in [-0.25, -0.2) is 0 Å². The number of nitrogens with zero attached hydrogens (tertiary/aromatic N) is 2. The van der Waals surface area contributed by atoms with Crippen LogP contribution in [-0.2, 0) is 9.53 Å². The fourth-order valence-corrected chi connectivity index (χ4v) is 3.50. The van der Waals surface area contributed by atoms with E-state index in [4.69, 9.17) is 4.74 Å². The van der Waals surface area contributed by atoms with Gasteiger partial charge >= 0.3 is 0 Å². The van der Waals surface area contributed by atoms with Crippen LogP contribution in [0.25, 0.3) is 0 Å². The maximum absolute atomic E-state index is 12.3. The standard InChI is InChI=1S/C15H28N2O2/c1-4-17-9-5-8-16(14(18)13(2)3)12-15(17)6-10-19-11-7-15/h13H,4-12H2,1-3H3.